The lowest BCUT2D eigenvalue weighted by molar-refractivity contribution is 0.365. The highest BCUT2D eigenvalue weighted by Crippen LogP contribution is 2.21. The van der Waals surface area contributed by atoms with Crippen molar-refractivity contribution >= 4 is 50.7 Å². The monoisotopic (exact) mass is 534 g/mol. The van der Waals surface area contributed by atoms with Crippen molar-refractivity contribution in [2.24, 2.45) is 10.4 Å². The smallest absolute Gasteiger partial charge is 0.191 e. The number of guanidine groups is 1. The van der Waals surface area contributed by atoms with Gasteiger partial charge in [-0.3, -0.25) is 4.99 Å². The zero-order chi connectivity index (χ0) is 20.8. The van der Waals surface area contributed by atoms with E-state index in [1.54, 1.807) is 0 Å². The number of aromatic amines is 1. The lowest BCUT2D eigenvalue weighted by Gasteiger charge is -2.22. The van der Waals surface area contributed by atoms with Crippen molar-refractivity contribution < 1.29 is 8.42 Å². The van der Waals surface area contributed by atoms with Crippen LogP contribution in [-0.4, -0.2) is 51.0 Å². The first-order valence-corrected chi connectivity index (χ1v) is 11.9. The number of hydrogen-bond donors (Lipinski definition) is 3. The summed E-state index contributed by atoms with van der Waals surface area (Å²) in [6.07, 6.45) is 4.85. The lowest BCUT2D eigenvalue weighted by Crippen LogP contribution is -2.39. The molecule has 0 saturated carbocycles. The van der Waals surface area contributed by atoms with Crippen LogP contribution in [0.2, 0.25) is 0 Å². The van der Waals surface area contributed by atoms with Gasteiger partial charge < -0.3 is 15.6 Å². The van der Waals surface area contributed by atoms with Crippen LogP contribution < -0.4 is 10.6 Å². The van der Waals surface area contributed by atoms with Crippen molar-refractivity contribution in [1.82, 2.24) is 15.6 Å². The lowest BCUT2D eigenvalue weighted by atomic mass is 9.90. The number of hydrogen-bond acceptors (Lipinski definition) is 3. The minimum atomic E-state index is -2.95. The quantitative estimate of drug-likeness (QED) is 0.261. The summed E-state index contributed by atoms with van der Waals surface area (Å²) in [7, 11) is -2.95. The van der Waals surface area contributed by atoms with E-state index in [9.17, 15) is 8.42 Å². The molecule has 0 saturated heterocycles. The molecule has 8 heteroatoms. The van der Waals surface area contributed by atoms with Gasteiger partial charge in [-0.25, -0.2) is 8.42 Å². The number of benzene rings is 1. The van der Waals surface area contributed by atoms with E-state index in [1.165, 1.54) is 28.3 Å². The van der Waals surface area contributed by atoms with Gasteiger partial charge in [-0.1, -0.05) is 26.0 Å². The Kier molecular flexibility index (Phi) is 9.94. The molecule has 0 bridgehead atoms. The van der Waals surface area contributed by atoms with E-state index in [4.69, 9.17) is 0 Å². The Morgan fingerprint density at radius 3 is 2.62 bits per heavy atom. The molecule has 2 aromatic rings. The molecule has 0 aliphatic rings. The fraction of sp³-hybridized carbons (Fsp3) is 0.571. The average Bonchev–Trinajstić information content (AvgIpc) is 3.00. The molecule has 3 N–H and O–H groups in total. The maximum absolute atomic E-state index is 11.4. The summed E-state index contributed by atoms with van der Waals surface area (Å²) in [5.41, 5.74) is 3.54. The van der Waals surface area contributed by atoms with Gasteiger partial charge in [-0.05, 0) is 49.3 Å². The van der Waals surface area contributed by atoms with Crippen molar-refractivity contribution in [3.8, 4) is 0 Å². The van der Waals surface area contributed by atoms with Crippen molar-refractivity contribution in [2.75, 3.05) is 31.6 Å². The highest BCUT2D eigenvalue weighted by atomic mass is 127. The summed E-state index contributed by atoms with van der Waals surface area (Å²) in [5.74, 6) is 0.963. The Bertz CT molecular complexity index is 920. The molecule has 0 aliphatic heterocycles. The number of halogens is 1. The summed E-state index contributed by atoms with van der Waals surface area (Å²) in [6.45, 7) is 10.4. The van der Waals surface area contributed by atoms with Crippen molar-refractivity contribution in [1.29, 1.82) is 0 Å². The first kappa shape index (κ1) is 25.7. The molecule has 0 atom stereocenters. The summed E-state index contributed by atoms with van der Waals surface area (Å²) < 4.78 is 22.8. The van der Waals surface area contributed by atoms with Crippen LogP contribution in [0.15, 0.2) is 29.4 Å². The first-order valence-electron chi connectivity index (χ1n) is 9.86. The molecule has 29 heavy (non-hydrogen) atoms. The van der Waals surface area contributed by atoms with Crippen LogP contribution in [0.3, 0.4) is 0 Å². The molecule has 0 fully saturated rings. The van der Waals surface area contributed by atoms with Gasteiger partial charge >= 0.3 is 0 Å². The van der Waals surface area contributed by atoms with E-state index in [0.29, 0.717) is 13.0 Å². The highest BCUT2D eigenvalue weighted by Gasteiger charge is 2.20. The van der Waals surface area contributed by atoms with E-state index in [2.05, 4.69) is 65.8 Å². The van der Waals surface area contributed by atoms with Gasteiger partial charge in [0.05, 0.1) is 5.75 Å². The number of rotatable bonds is 9. The zero-order valence-electron chi connectivity index (χ0n) is 18.1. The van der Waals surface area contributed by atoms with Gasteiger partial charge in [-0.15, -0.1) is 24.0 Å². The number of fused-ring (bicyclic) bond motifs is 1. The molecule has 0 spiro atoms. The number of H-pyrrole nitrogens is 1. The van der Waals surface area contributed by atoms with Crippen LogP contribution in [0.5, 0.6) is 0 Å². The molecule has 0 unspecified atom stereocenters. The van der Waals surface area contributed by atoms with Gasteiger partial charge in [0.15, 0.2) is 5.96 Å². The molecule has 0 amide bonds. The van der Waals surface area contributed by atoms with E-state index in [0.717, 1.165) is 25.5 Å². The number of nitrogens with one attached hydrogen (secondary N) is 3. The molecule has 0 aliphatic carbocycles. The zero-order valence-corrected chi connectivity index (χ0v) is 21.3. The fourth-order valence-electron chi connectivity index (χ4n) is 3.00. The topological polar surface area (TPSA) is 86.3 Å². The van der Waals surface area contributed by atoms with Gasteiger partial charge in [0.1, 0.15) is 9.84 Å². The minimum Gasteiger partial charge on any atom is -0.361 e. The van der Waals surface area contributed by atoms with Gasteiger partial charge in [0.25, 0.3) is 0 Å². The predicted octanol–water partition coefficient (Wildman–Crippen LogP) is 3.65. The summed E-state index contributed by atoms with van der Waals surface area (Å²) in [5, 5.41) is 7.91. The van der Waals surface area contributed by atoms with Gasteiger partial charge in [-0.2, -0.15) is 0 Å². The van der Waals surface area contributed by atoms with Crippen LogP contribution in [0, 0.1) is 12.3 Å². The van der Waals surface area contributed by atoms with Crippen LogP contribution in [0.4, 0.5) is 0 Å². The summed E-state index contributed by atoms with van der Waals surface area (Å²) >= 11 is 0. The van der Waals surface area contributed by atoms with Crippen LogP contribution >= 0.6 is 24.0 Å². The molecule has 0 radical (unpaired) electrons. The molecular formula is C21H35IN4O2S. The van der Waals surface area contributed by atoms with E-state index < -0.39 is 9.84 Å². The van der Waals surface area contributed by atoms with Crippen LogP contribution in [0.25, 0.3) is 10.9 Å². The summed E-state index contributed by atoms with van der Waals surface area (Å²) in [4.78, 5) is 8.01. The maximum Gasteiger partial charge on any atom is 0.191 e. The van der Waals surface area contributed by atoms with Crippen molar-refractivity contribution in [3.05, 3.63) is 35.5 Å². The SMILES string of the molecule is CCNC(=NCC(C)(C)CCS(C)(=O)=O)NCCc1c[nH]c2cc(C)ccc12.I. The largest absolute Gasteiger partial charge is 0.361 e. The standard InChI is InChI=1S/C21H34N4O2S.HI/c1-6-22-20(25-15-21(3,4)10-12-28(5,26)27)23-11-9-17-14-24-19-13-16(2)7-8-18(17)19;/h7-8,13-14,24H,6,9-12,15H2,1-5H3,(H2,22,23,25);1H. The van der Waals surface area contributed by atoms with E-state index >= 15 is 0 Å². The Morgan fingerprint density at radius 2 is 1.97 bits per heavy atom. The van der Waals surface area contributed by atoms with Crippen LogP contribution in [-0.2, 0) is 16.3 Å². The molecule has 1 heterocycles. The van der Waals surface area contributed by atoms with Crippen molar-refractivity contribution in [3.63, 3.8) is 0 Å². The van der Waals surface area contributed by atoms with E-state index in [-0.39, 0.29) is 35.1 Å². The normalized spacial score (nSPS) is 12.7. The third kappa shape index (κ3) is 8.94. The molecule has 6 nitrogen and oxygen atoms in total. The number of aromatic nitrogens is 1. The third-order valence-electron chi connectivity index (χ3n) is 4.77. The van der Waals surface area contributed by atoms with Gasteiger partial charge in [0.2, 0.25) is 0 Å². The Morgan fingerprint density at radius 1 is 1.24 bits per heavy atom. The first-order chi connectivity index (χ1) is 13.1. The average molecular weight is 535 g/mol. The Hall–Kier alpha value is -1.29. The summed E-state index contributed by atoms with van der Waals surface area (Å²) in [6, 6.07) is 6.47. The fourth-order valence-corrected chi connectivity index (χ4v) is 3.92. The maximum atomic E-state index is 11.4. The Balaban J connectivity index is 0.00000420. The third-order valence-corrected chi connectivity index (χ3v) is 5.71. The predicted molar refractivity (Wildman–Crippen MR) is 134 cm³/mol. The Labute approximate surface area is 192 Å². The van der Waals surface area contributed by atoms with E-state index in [1.807, 2.05) is 6.92 Å². The van der Waals surface area contributed by atoms with Crippen LogP contribution in [0.1, 0.15) is 38.3 Å². The number of nitrogens with zero attached hydrogens (tertiary/aromatic N) is 1. The minimum absolute atomic E-state index is 0. The molecule has 1 aromatic heterocycles. The second kappa shape index (κ2) is 11.2. The number of sulfone groups is 1. The van der Waals surface area contributed by atoms with Crippen molar-refractivity contribution in [2.45, 2.75) is 40.5 Å². The molecule has 2 rings (SSSR count). The molecular weight excluding hydrogens is 499 g/mol. The van der Waals surface area contributed by atoms with Gasteiger partial charge in [0, 0.05) is 43.0 Å². The number of aliphatic imine (C=N–C) groups is 1. The second-order valence-electron chi connectivity index (χ2n) is 8.28. The second-order valence-corrected chi connectivity index (χ2v) is 10.5. The number of aryl methyl sites for hydroxylation is 1. The highest BCUT2D eigenvalue weighted by molar-refractivity contribution is 14.0. The molecule has 1 aromatic carbocycles. The molecule has 164 valence electrons.